The van der Waals surface area contributed by atoms with Crippen LogP contribution in [0.5, 0.6) is 0 Å². The highest BCUT2D eigenvalue weighted by Crippen LogP contribution is 2.18. The first kappa shape index (κ1) is 18.9. The number of esters is 1. The molecule has 0 saturated heterocycles. The van der Waals surface area contributed by atoms with Crippen LogP contribution in [-0.2, 0) is 20.9 Å². The summed E-state index contributed by atoms with van der Waals surface area (Å²) >= 11 is 0. The molecule has 1 aromatic carbocycles. The maximum absolute atomic E-state index is 12.2. The number of ether oxygens (including phenoxy) is 1. The number of carbonyl (C=O) groups is 3. The van der Waals surface area contributed by atoms with Gasteiger partial charge in [-0.2, -0.15) is 0 Å². The number of rotatable bonds is 7. The van der Waals surface area contributed by atoms with E-state index in [-0.39, 0.29) is 6.04 Å². The Morgan fingerprint density at radius 1 is 1.20 bits per heavy atom. The number of nitrogens with zero attached hydrogens (tertiary/aromatic N) is 1. The summed E-state index contributed by atoms with van der Waals surface area (Å²) in [6.45, 7) is 3.75. The van der Waals surface area contributed by atoms with Gasteiger partial charge in [0, 0.05) is 12.6 Å². The molecule has 0 radical (unpaired) electrons. The van der Waals surface area contributed by atoms with Crippen LogP contribution in [0.2, 0.25) is 0 Å². The lowest BCUT2D eigenvalue weighted by molar-refractivity contribution is -0.158. The predicted molar refractivity (Wildman–Crippen MR) is 92.6 cm³/mol. The summed E-state index contributed by atoms with van der Waals surface area (Å²) in [4.78, 5) is 37.5. The Kier molecular flexibility index (Phi) is 6.52. The number of hydrogen-bond acceptors (Lipinski definition) is 5. The summed E-state index contributed by atoms with van der Waals surface area (Å²) in [5.41, 5.74) is 1.08. The van der Waals surface area contributed by atoms with Crippen LogP contribution in [0.3, 0.4) is 0 Å². The number of nitrogens with one attached hydrogen (secondary N) is 2. The molecule has 2 N–H and O–H groups in total. The average Bonchev–Trinajstić information content (AvgIpc) is 3.38. The van der Waals surface area contributed by atoms with Gasteiger partial charge in [0.05, 0.1) is 0 Å². The van der Waals surface area contributed by atoms with E-state index in [0.717, 1.165) is 18.4 Å². The van der Waals surface area contributed by atoms with Crippen LogP contribution >= 0.6 is 0 Å². The van der Waals surface area contributed by atoms with Crippen molar-refractivity contribution >= 4 is 17.9 Å². The molecule has 0 heterocycles. The molecule has 1 aromatic rings. The lowest BCUT2D eigenvalue weighted by Crippen LogP contribution is -2.47. The largest absolute Gasteiger partial charge is 0.451 e. The molecule has 3 amide bonds. The van der Waals surface area contributed by atoms with Gasteiger partial charge < -0.3 is 10.1 Å². The summed E-state index contributed by atoms with van der Waals surface area (Å²) in [6.07, 6.45) is 0.819. The molecule has 0 aliphatic heterocycles. The second-order valence-corrected chi connectivity index (χ2v) is 6.39. The number of carbonyl (C=O) groups excluding carboxylic acids is 3. The number of imide groups is 1. The zero-order valence-corrected chi connectivity index (χ0v) is 14.8. The fourth-order valence-corrected chi connectivity index (χ4v) is 2.18. The minimum Gasteiger partial charge on any atom is -0.451 e. The van der Waals surface area contributed by atoms with E-state index in [2.05, 4.69) is 10.6 Å². The minimum absolute atomic E-state index is 0.150. The van der Waals surface area contributed by atoms with Crippen LogP contribution in [0, 0.1) is 0 Å². The maximum Gasteiger partial charge on any atom is 0.323 e. The van der Waals surface area contributed by atoms with Crippen molar-refractivity contribution in [2.75, 3.05) is 7.05 Å². The van der Waals surface area contributed by atoms with Gasteiger partial charge in [0.2, 0.25) is 0 Å². The third-order valence-electron chi connectivity index (χ3n) is 4.09. The van der Waals surface area contributed by atoms with Crippen LogP contribution in [0.4, 0.5) is 4.79 Å². The van der Waals surface area contributed by atoms with Gasteiger partial charge >= 0.3 is 12.0 Å². The predicted octanol–water partition coefficient (Wildman–Crippen LogP) is 1.43. The molecule has 1 saturated carbocycles. The summed E-state index contributed by atoms with van der Waals surface area (Å²) in [5, 5.41) is 4.83. The van der Waals surface area contributed by atoms with E-state index in [4.69, 9.17) is 4.74 Å². The van der Waals surface area contributed by atoms with Gasteiger partial charge in [-0.3, -0.25) is 19.8 Å². The maximum atomic E-state index is 12.2. The van der Waals surface area contributed by atoms with Gasteiger partial charge in [-0.05, 0) is 39.3 Å². The molecule has 1 aliphatic carbocycles. The monoisotopic (exact) mass is 347 g/mol. The van der Waals surface area contributed by atoms with E-state index < -0.39 is 30.1 Å². The first-order valence-electron chi connectivity index (χ1n) is 8.43. The Morgan fingerprint density at radius 3 is 2.44 bits per heavy atom. The van der Waals surface area contributed by atoms with Crippen LogP contribution in [0.1, 0.15) is 32.3 Å². The van der Waals surface area contributed by atoms with Crippen molar-refractivity contribution in [3.8, 4) is 0 Å². The minimum atomic E-state index is -1.04. The van der Waals surface area contributed by atoms with Gasteiger partial charge in [-0.25, -0.2) is 4.79 Å². The van der Waals surface area contributed by atoms with E-state index in [9.17, 15) is 14.4 Å². The van der Waals surface area contributed by atoms with Gasteiger partial charge in [0.15, 0.2) is 6.10 Å². The molecule has 1 aliphatic rings. The quantitative estimate of drug-likeness (QED) is 0.729. The highest BCUT2D eigenvalue weighted by atomic mass is 16.5. The van der Waals surface area contributed by atoms with Crippen LogP contribution in [0.15, 0.2) is 30.3 Å². The van der Waals surface area contributed by atoms with Crippen molar-refractivity contribution < 1.29 is 19.1 Å². The number of urea groups is 1. The van der Waals surface area contributed by atoms with Crippen LogP contribution < -0.4 is 10.6 Å². The Hall–Kier alpha value is -2.41. The third-order valence-corrected chi connectivity index (χ3v) is 4.09. The first-order valence-corrected chi connectivity index (χ1v) is 8.43. The molecular weight excluding hydrogens is 322 g/mol. The first-order chi connectivity index (χ1) is 11.9. The van der Waals surface area contributed by atoms with E-state index in [0.29, 0.717) is 6.54 Å². The topological polar surface area (TPSA) is 87.7 Å². The molecule has 0 unspecified atom stereocenters. The average molecular weight is 347 g/mol. The lowest BCUT2D eigenvalue weighted by atomic mass is 10.2. The molecule has 1 fully saturated rings. The van der Waals surface area contributed by atoms with Crippen molar-refractivity contribution in [2.24, 2.45) is 0 Å². The molecule has 25 heavy (non-hydrogen) atoms. The summed E-state index contributed by atoms with van der Waals surface area (Å²) in [5.74, 6) is -1.15. The van der Waals surface area contributed by atoms with Crippen LogP contribution in [0.25, 0.3) is 0 Å². The summed E-state index contributed by atoms with van der Waals surface area (Å²) in [6, 6.07) is 8.83. The normalized spacial score (nSPS) is 16.0. The molecule has 0 bridgehead atoms. The van der Waals surface area contributed by atoms with Crippen molar-refractivity contribution in [2.45, 2.75) is 51.4 Å². The van der Waals surface area contributed by atoms with E-state index in [1.165, 1.54) is 6.92 Å². The van der Waals surface area contributed by atoms with E-state index >= 15 is 0 Å². The highest BCUT2D eigenvalue weighted by molar-refractivity contribution is 5.97. The van der Waals surface area contributed by atoms with E-state index in [1.54, 1.807) is 6.92 Å². The Balaban J connectivity index is 1.78. The number of amides is 3. The van der Waals surface area contributed by atoms with Crippen molar-refractivity contribution in [3.05, 3.63) is 35.9 Å². The second kappa shape index (κ2) is 8.62. The summed E-state index contributed by atoms with van der Waals surface area (Å²) in [7, 11) is 1.81. The van der Waals surface area contributed by atoms with Crippen molar-refractivity contribution in [1.29, 1.82) is 0 Å². The third kappa shape index (κ3) is 6.19. The Labute approximate surface area is 147 Å². The smallest absolute Gasteiger partial charge is 0.323 e. The zero-order chi connectivity index (χ0) is 18.4. The molecule has 7 heteroatoms. The Morgan fingerprint density at radius 2 is 1.84 bits per heavy atom. The van der Waals surface area contributed by atoms with Crippen molar-refractivity contribution in [1.82, 2.24) is 15.5 Å². The Bertz CT molecular complexity index is 616. The van der Waals surface area contributed by atoms with Gasteiger partial charge in [0.1, 0.15) is 6.04 Å². The van der Waals surface area contributed by atoms with Gasteiger partial charge in [-0.15, -0.1) is 0 Å². The molecule has 7 nitrogen and oxygen atoms in total. The number of benzene rings is 1. The van der Waals surface area contributed by atoms with Crippen molar-refractivity contribution in [3.63, 3.8) is 0 Å². The second-order valence-electron chi connectivity index (χ2n) is 6.39. The SMILES string of the molecule is C[C@@H](OC(=O)[C@H](C)N(C)Cc1ccccc1)C(=O)NC(=O)NC1CC1. The summed E-state index contributed by atoms with van der Waals surface area (Å²) < 4.78 is 5.18. The molecule has 0 aromatic heterocycles. The standard InChI is InChI=1S/C18H25N3O4/c1-12(21(3)11-14-7-5-4-6-8-14)17(23)25-13(2)16(22)20-18(24)19-15-9-10-15/h4-8,12-13,15H,9-11H2,1-3H3,(H2,19,20,22,24)/t12-,13+/m0/s1. The highest BCUT2D eigenvalue weighted by Gasteiger charge is 2.27. The molecule has 2 atom stereocenters. The molecule has 136 valence electrons. The molecule has 0 spiro atoms. The van der Waals surface area contributed by atoms with Gasteiger partial charge in [-0.1, -0.05) is 30.3 Å². The van der Waals surface area contributed by atoms with Gasteiger partial charge in [0.25, 0.3) is 5.91 Å². The lowest BCUT2D eigenvalue weighted by Gasteiger charge is -2.24. The van der Waals surface area contributed by atoms with Crippen LogP contribution in [-0.4, -0.2) is 48.0 Å². The van der Waals surface area contributed by atoms with E-state index in [1.807, 2.05) is 42.3 Å². The zero-order valence-electron chi connectivity index (χ0n) is 14.8. The number of hydrogen-bond donors (Lipinski definition) is 2. The number of likely N-dealkylation sites (N-methyl/N-ethyl adjacent to an activating group) is 1. The fraction of sp³-hybridized carbons (Fsp3) is 0.500. The molecule has 2 rings (SSSR count). The molecular formula is C18H25N3O4. The fourth-order valence-electron chi connectivity index (χ4n) is 2.18.